The molecule has 4 nitrogen and oxygen atoms in total. The first-order chi connectivity index (χ1) is 9.15. The van der Waals surface area contributed by atoms with Crippen LogP contribution < -0.4 is 0 Å². The molecule has 19 heavy (non-hydrogen) atoms. The van der Waals surface area contributed by atoms with Crippen LogP contribution in [0.5, 0.6) is 0 Å². The van der Waals surface area contributed by atoms with Gasteiger partial charge in [-0.15, -0.1) is 0 Å². The first kappa shape index (κ1) is 11.5. The summed E-state index contributed by atoms with van der Waals surface area (Å²) in [6, 6.07) is 13.0. The molecule has 1 N–H and O–H groups in total. The SMILES string of the molecule is Cc1cccc(-c2cn3c(C(=O)O)cccc3n2)c1. The van der Waals surface area contributed by atoms with Gasteiger partial charge in [0.05, 0.1) is 5.69 Å². The van der Waals surface area contributed by atoms with Crippen molar-refractivity contribution in [3.8, 4) is 11.3 Å². The first-order valence-electron chi connectivity index (χ1n) is 5.93. The molecule has 2 aromatic heterocycles. The van der Waals surface area contributed by atoms with Gasteiger partial charge >= 0.3 is 5.97 Å². The number of benzene rings is 1. The lowest BCUT2D eigenvalue weighted by Gasteiger charge is -1.98. The van der Waals surface area contributed by atoms with Crippen molar-refractivity contribution in [2.24, 2.45) is 0 Å². The lowest BCUT2D eigenvalue weighted by Crippen LogP contribution is -2.03. The van der Waals surface area contributed by atoms with Crippen molar-refractivity contribution in [3.63, 3.8) is 0 Å². The summed E-state index contributed by atoms with van der Waals surface area (Å²) in [6.07, 6.45) is 1.76. The van der Waals surface area contributed by atoms with Crippen LogP contribution in [0, 0.1) is 6.92 Å². The van der Waals surface area contributed by atoms with Gasteiger partial charge in [0.2, 0.25) is 0 Å². The molecule has 0 bridgehead atoms. The Morgan fingerprint density at radius 3 is 2.74 bits per heavy atom. The van der Waals surface area contributed by atoms with Gasteiger partial charge in [0, 0.05) is 11.8 Å². The smallest absolute Gasteiger partial charge is 0.352 e. The third kappa shape index (κ3) is 1.97. The lowest BCUT2D eigenvalue weighted by atomic mass is 10.1. The minimum Gasteiger partial charge on any atom is -0.477 e. The highest BCUT2D eigenvalue weighted by atomic mass is 16.4. The van der Waals surface area contributed by atoms with Crippen LogP contribution >= 0.6 is 0 Å². The van der Waals surface area contributed by atoms with E-state index in [1.54, 1.807) is 28.8 Å². The lowest BCUT2D eigenvalue weighted by molar-refractivity contribution is 0.0689. The van der Waals surface area contributed by atoms with Gasteiger partial charge in [-0.25, -0.2) is 9.78 Å². The van der Waals surface area contributed by atoms with Crippen LogP contribution in [0.4, 0.5) is 0 Å². The maximum absolute atomic E-state index is 11.2. The zero-order chi connectivity index (χ0) is 13.4. The van der Waals surface area contributed by atoms with Crippen molar-refractivity contribution < 1.29 is 9.90 Å². The highest BCUT2D eigenvalue weighted by Gasteiger charge is 2.11. The van der Waals surface area contributed by atoms with E-state index in [4.69, 9.17) is 5.11 Å². The first-order valence-corrected chi connectivity index (χ1v) is 5.93. The number of nitrogens with zero attached hydrogens (tertiary/aromatic N) is 2. The Bertz CT molecular complexity index is 775. The van der Waals surface area contributed by atoms with Gasteiger partial charge in [-0.1, -0.05) is 29.8 Å². The number of aromatic nitrogens is 2. The number of hydrogen-bond acceptors (Lipinski definition) is 2. The second-order valence-corrected chi connectivity index (χ2v) is 4.44. The van der Waals surface area contributed by atoms with E-state index < -0.39 is 5.97 Å². The maximum atomic E-state index is 11.2. The molecule has 0 saturated carbocycles. The third-order valence-electron chi connectivity index (χ3n) is 3.03. The average Bonchev–Trinajstić information content (AvgIpc) is 2.82. The number of pyridine rings is 1. The predicted molar refractivity (Wildman–Crippen MR) is 72.3 cm³/mol. The Balaban J connectivity index is 2.22. The number of aryl methyl sites for hydroxylation is 1. The van der Waals surface area contributed by atoms with Gasteiger partial charge in [0.25, 0.3) is 0 Å². The van der Waals surface area contributed by atoms with Crippen molar-refractivity contribution in [2.45, 2.75) is 6.92 Å². The number of carboxylic acid groups (broad SMARTS) is 1. The van der Waals surface area contributed by atoms with Crippen molar-refractivity contribution in [1.29, 1.82) is 0 Å². The number of imidazole rings is 1. The number of aromatic carboxylic acids is 1. The van der Waals surface area contributed by atoms with E-state index in [1.165, 1.54) is 0 Å². The summed E-state index contributed by atoms with van der Waals surface area (Å²) in [5.41, 5.74) is 3.76. The van der Waals surface area contributed by atoms with Crippen molar-refractivity contribution in [1.82, 2.24) is 9.38 Å². The quantitative estimate of drug-likeness (QED) is 0.762. The van der Waals surface area contributed by atoms with Crippen LogP contribution in [-0.4, -0.2) is 20.5 Å². The summed E-state index contributed by atoms with van der Waals surface area (Å²) in [6.45, 7) is 2.02. The number of hydrogen-bond donors (Lipinski definition) is 1. The molecule has 0 aliphatic rings. The molecule has 0 fully saturated rings. The third-order valence-corrected chi connectivity index (χ3v) is 3.03. The minimum absolute atomic E-state index is 0.212. The van der Waals surface area contributed by atoms with E-state index in [0.29, 0.717) is 5.65 Å². The molecule has 0 unspecified atom stereocenters. The van der Waals surface area contributed by atoms with Crippen molar-refractivity contribution in [2.75, 3.05) is 0 Å². The molecule has 3 aromatic rings. The number of carbonyl (C=O) groups is 1. The van der Waals surface area contributed by atoms with E-state index in [2.05, 4.69) is 4.98 Å². The fourth-order valence-electron chi connectivity index (χ4n) is 2.13. The van der Waals surface area contributed by atoms with Crippen LogP contribution in [0.3, 0.4) is 0 Å². The van der Waals surface area contributed by atoms with Crippen molar-refractivity contribution >= 4 is 11.6 Å². The summed E-state index contributed by atoms with van der Waals surface area (Å²) < 4.78 is 1.60. The Morgan fingerprint density at radius 1 is 1.21 bits per heavy atom. The number of rotatable bonds is 2. The van der Waals surface area contributed by atoms with Gasteiger partial charge in [0.1, 0.15) is 11.3 Å². The molecule has 4 heteroatoms. The zero-order valence-corrected chi connectivity index (χ0v) is 10.4. The predicted octanol–water partition coefficient (Wildman–Crippen LogP) is 3.01. The summed E-state index contributed by atoms with van der Waals surface area (Å²) in [7, 11) is 0. The monoisotopic (exact) mass is 252 g/mol. The molecular formula is C15H12N2O2. The fraction of sp³-hybridized carbons (Fsp3) is 0.0667. The van der Waals surface area contributed by atoms with Crippen LogP contribution in [0.25, 0.3) is 16.9 Å². The van der Waals surface area contributed by atoms with Gasteiger partial charge < -0.3 is 5.11 Å². The molecule has 0 amide bonds. The largest absolute Gasteiger partial charge is 0.477 e. The minimum atomic E-state index is -0.959. The Morgan fingerprint density at radius 2 is 2.00 bits per heavy atom. The normalized spacial score (nSPS) is 10.8. The van der Waals surface area contributed by atoms with E-state index in [1.807, 2.05) is 31.2 Å². The molecule has 1 aromatic carbocycles. The maximum Gasteiger partial charge on any atom is 0.352 e. The van der Waals surface area contributed by atoms with Gasteiger partial charge in [-0.3, -0.25) is 4.40 Å². The molecule has 0 aliphatic carbocycles. The van der Waals surface area contributed by atoms with E-state index in [0.717, 1.165) is 16.8 Å². The molecule has 0 atom stereocenters. The topological polar surface area (TPSA) is 54.6 Å². The second kappa shape index (κ2) is 4.24. The highest BCUT2D eigenvalue weighted by Crippen LogP contribution is 2.21. The second-order valence-electron chi connectivity index (χ2n) is 4.44. The molecule has 3 rings (SSSR count). The molecule has 0 radical (unpaired) electrons. The van der Waals surface area contributed by atoms with Crippen molar-refractivity contribution in [3.05, 3.63) is 59.9 Å². The van der Waals surface area contributed by atoms with Crippen LogP contribution in [0.2, 0.25) is 0 Å². The van der Waals surface area contributed by atoms with E-state index in [-0.39, 0.29) is 5.69 Å². The Labute approximate surface area is 110 Å². The van der Waals surface area contributed by atoms with Crippen LogP contribution in [0.1, 0.15) is 16.1 Å². The van der Waals surface area contributed by atoms with Gasteiger partial charge in [0.15, 0.2) is 0 Å². The molecule has 0 saturated heterocycles. The molecule has 94 valence electrons. The molecule has 2 heterocycles. The molecule has 0 aliphatic heterocycles. The standard InChI is InChI=1S/C15H12N2O2/c1-10-4-2-5-11(8-10)12-9-17-13(15(18)19)6-3-7-14(17)16-12/h2-9H,1H3,(H,18,19). The molecule has 0 spiro atoms. The highest BCUT2D eigenvalue weighted by molar-refractivity contribution is 5.87. The Kier molecular flexibility index (Phi) is 2.56. The van der Waals surface area contributed by atoms with Crippen LogP contribution in [-0.2, 0) is 0 Å². The van der Waals surface area contributed by atoms with E-state index in [9.17, 15) is 4.79 Å². The van der Waals surface area contributed by atoms with Crippen LogP contribution in [0.15, 0.2) is 48.7 Å². The summed E-state index contributed by atoms with van der Waals surface area (Å²) in [4.78, 5) is 15.6. The summed E-state index contributed by atoms with van der Waals surface area (Å²) >= 11 is 0. The zero-order valence-electron chi connectivity index (χ0n) is 10.4. The average molecular weight is 252 g/mol. The summed E-state index contributed by atoms with van der Waals surface area (Å²) in [5.74, 6) is -0.959. The summed E-state index contributed by atoms with van der Waals surface area (Å²) in [5, 5.41) is 9.16. The number of fused-ring (bicyclic) bond motifs is 1. The number of carboxylic acids is 1. The fourth-order valence-corrected chi connectivity index (χ4v) is 2.13. The van der Waals surface area contributed by atoms with E-state index >= 15 is 0 Å². The molecular weight excluding hydrogens is 240 g/mol. The van der Waals surface area contributed by atoms with Gasteiger partial charge in [-0.2, -0.15) is 0 Å². The Hall–Kier alpha value is -2.62. The van der Waals surface area contributed by atoms with Gasteiger partial charge in [-0.05, 0) is 25.1 Å².